The molecule has 2 N–H and O–H groups in total. The minimum absolute atomic E-state index is 0.642. The molecular formula is C16H23N3S. The first-order valence-corrected chi connectivity index (χ1v) is 8.20. The molecule has 1 aliphatic heterocycles. The molecule has 1 aliphatic rings. The van der Waals surface area contributed by atoms with Crippen molar-refractivity contribution in [3.63, 3.8) is 0 Å². The standard InChI is InChI=1S/C16H23N3S/c1-12(2)10-18-8-5-13-14(9-17)16(20-15(13)11-18)19-6-3-4-7-19/h3-4,6-7,12H,5,8-11,17H2,1-2H3. The summed E-state index contributed by atoms with van der Waals surface area (Å²) in [6.07, 6.45) is 5.37. The molecule has 0 aromatic carbocycles. The molecule has 3 heterocycles. The van der Waals surface area contributed by atoms with Crippen LogP contribution < -0.4 is 5.73 Å². The summed E-state index contributed by atoms with van der Waals surface area (Å²) in [6, 6.07) is 4.15. The molecule has 3 nitrogen and oxygen atoms in total. The Labute approximate surface area is 125 Å². The van der Waals surface area contributed by atoms with Crippen LogP contribution in [0.1, 0.15) is 29.9 Å². The molecule has 20 heavy (non-hydrogen) atoms. The van der Waals surface area contributed by atoms with Gasteiger partial charge in [0.2, 0.25) is 0 Å². The summed E-state index contributed by atoms with van der Waals surface area (Å²) in [5.41, 5.74) is 8.89. The number of aromatic nitrogens is 1. The maximum absolute atomic E-state index is 6.02. The molecule has 0 radical (unpaired) electrons. The largest absolute Gasteiger partial charge is 0.326 e. The monoisotopic (exact) mass is 289 g/mol. The number of hydrogen-bond donors (Lipinski definition) is 1. The van der Waals surface area contributed by atoms with E-state index in [0.717, 1.165) is 18.9 Å². The summed E-state index contributed by atoms with van der Waals surface area (Å²) in [6.45, 7) is 8.67. The zero-order chi connectivity index (χ0) is 14.1. The number of nitrogens with two attached hydrogens (primary N) is 1. The van der Waals surface area contributed by atoms with E-state index in [1.54, 1.807) is 0 Å². The van der Waals surface area contributed by atoms with E-state index in [4.69, 9.17) is 5.73 Å². The Kier molecular flexibility index (Phi) is 3.96. The van der Waals surface area contributed by atoms with Crippen LogP contribution in [-0.2, 0) is 19.5 Å². The topological polar surface area (TPSA) is 34.2 Å². The molecule has 3 rings (SSSR count). The van der Waals surface area contributed by atoms with Crippen LogP contribution in [0, 0.1) is 5.92 Å². The third kappa shape index (κ3) is 2.55. The van der Waals surface area contributed by atoms with Crippen LogP contribution >= 0.6 is 11.3 Å². The number of thiophene rings is 1. The Morgan fingerprint density at radius 2 is 2.05 bits per heavy atom. The van der Waals surface area contributed by atoms with Crippen molar-refractivity contribution in [3.05, 3.63) is 40.5 Å². The minimum atomic E-state index is 0.642. The summed E-state index contributed by atoms with van der Waals surface area (Å²) in [5.74, 6) is 0.731. The normalized spacial score (nSPS) is 15.8. The number of nitrogens with zero attached hydrogens (tertiary/aromatic N) is 2. The van der Waals surface area contributed by atoms with Gasteiger partial charge >= 0.3 is 0 Å². The van der Waals surface area contributed by atoms with Gasteiger partial charge in [0.05, 0.1) is 0 Å². The highest BCUT2D eigenvalue weighted by atomic mass is 32.1. The van der Waals surface area contributed by atoms with Gasteiger partial charge in [-0.15, -0.1) is 11.3 Å². The van der Waals surface area contributed by atoms with Gasteiger partial charge in [-0.1, -0.05) is 13.8 Å². The summed E-state index contributed by atoms with van der Waals surface area (Å²) < 4.78 is 2.21. The van der Waals surface area contributed by atoms with Gasteiger partial charge in [0.25, 0.3) is 0 Å². The van der Waals surface area contributed by atoms with Crippen LogP contribution in [0.2, 0.25) is 0 Å². The van der Waals surface area contributed by atoms with E-state index in [1.807, 2.05) is 11.3 Å². The van der Waals surface area contributed by atoms with Gasteiger partial charge in [-0.2, -0.15) is 0 Å². The first-order chi connectivity index (χ1) is 9.69. The average molecular weight is 289 g/mol. The lowest BCUT2D eigenvalue weighted by atomic mass is 10.0. The maximum atomic E-state index is 6.02. The van der Waals surface area contributed by atoms with Crippen LogP contribution in [0.4, 0.5) is 0 Å². The molecule has 108 valence electrons. The maximum Gasteiger partial charge on any atom is 0.104 e. The lowest BCUT2D eigenvalue weighted by molar-refractivity contribution is 0.229. The smallest absolute Gasteiger partial charge is 0.104 e. The highest BCUT2D eigenvalue weighted by Crippen LogP contribution is 2.35. The highest BCUT2D eigenvalue weighted by molar-refractivity contribution is 7.14. The van der Waals surface area contributed by atoms with Crippen LogP contribution in [-0.4, -0.2) is 22.6 Å². The van der Waals surface area contributed by atoms with Crippen molar-refractivity contribution in [2.24, 2.45) is 11.7 Å². The summed E-state index contributed by atoms with van der Waals surface area (Å²) in [4.78, 5) is 4.09. The fourth-order valence-corrected chi connectivity index (χ4v) is 4.45. The van der Waals surface area contributed by atoms with Crippen molar-refractivity contribution >= 4 is 11.3 Å². The molecule has 0 fully saturated rings. The predicted molar refractivity (Wildman–Crippen MR) is 85.4 cm³/mol. The van der Waals surface area contributed by atoms with Crippen LogP contribution in [0.3, 0.4) is 0 Å². The predicted octanol–water partition coefficient (Wildman–Crippen LogP) is 3.01. The van der Waals surface area contributed by atoms with Crippen LogP contribution in [0.5, 0.6) is 0 Å². The fourth-order valence-electron chi connectivity index (χ4n) is 3.07. The van der Waals surface area contributed by atoms with Crippen molar-refractivity contribution < 1.29 is 0 Å². The van der Waals surface area contributed by atoms with Crippen molar-refractivity contribution in [2.45, 2.75) is 33.4 Å². The van der Waals surface area contributed by atoms with Crippen molar-refractivity contribution in [1.82, 2.24) is 9.47 Å². The number of hydrogen-bond acceptors (Lipinski definition) is 3. The average Bonchev–Trinajstić information content (AvgIpc) is 3.04. The van der Waals surface area contributed by atoms with Crippen molar-refractivity contribution in [1.29, 1.82) is 0 Å². The molecule has 0 amide bonds. The summed E-state index contributed by atoms with van der Waals surface area (Å²) in [5, 5.41) is 1.31. The van der Waals surface area contributed by atoms with E-state index >= 15 is 0 Å². The summed E-state index contributed by atoms with van der Waals surface area (Å²) >= 11 is 1.92. The van der Waals surface area contributed by atoms with Gasteiger partial charge in [0, 0.05) is 49.0 Å². The Morgan fingerprint density at radius 1 is 1.30 bits per heavy atom. The van der Waals surface area contributed by atoms with E-state index in [-0.39, 0.29) is 0 Å². The van der Waals surface area contributed by atoms with Crippen LogP contribution in [0.25, 0.3) is 5.00 Å². The second-order valence-corrected chi connectivity index (χ2v) is 7.04. The molecule has 4 heteroatoms. The van der Waals surface area contributed by atoms with Gasteiger partial charge in [0.1, 0.15) is 5.00 Å². The van der Waals surface area contributed by atoms with Gasteiger partial charge in [-0.3, -0.25) is 4.90 Å². The minimum Gasteiger partial charge on any atom is -0.326 e. The second kappa shape index (κ2) is 5.72. The van der Waals surface area contributed by atoms with Crippen molar-refractivity contribution in [2.75, 3.05) is 13.1 Å². The lowest BCUT2D eigenvalue weighted by Crippen LogP contribution is -2.33. The van der Waals surface area contributed by atoms with E-state index in [0.29, 0.717) is 6.54 Å². The first kappa shape index (κ1) is 13.9. The second-order valence-electron chi connectivity index (χ2n) is 5.96. The molecule has 2 aromatic heterocycles. The van der Waals surface area contributed by atoms with Crippen LogP contribution in [0.15, 0.2) is 24.5 Å². The Bertz CT molecular complexity index is 569. The first-order valence-electron chi connectivity index (χ1n) is 7.38. The lowest BCUT2D eigenvalue weighted by Gasteiger charge is -2.28. The van der Waals surface area contributed by atoms with Crippen molar-refractivity contribution in [3.8, 4) is 5.00 Å². The number of rotatable bonds is 4. The highest BCUT2D eigenvalue weighted by Gasteiger charge is 2.24. The zero-order valence-corrected chi connectivity index (χ0v) is 13.1. The zero-order valence-electron chi connectivity index (χ0n) is 12.3. The van der Waals surface area contributed by atoms with Gasteiger partial charge in [-0.25, -0.2) is 0 Å². The van der Waals surface area contributed by atoms with E-state index in [1.165, 1.54) is 34.1 Å². The Morgan fingerprint density at radius 3 is 2.70 bits per heavy atom. The van der Waals surface area contributed by atoms with E-state index < -0.39 is 0 Å². The Hall–Kier alpha value is -1.10. The number of fused-ring (bicyclic) bond motifs is 1. The molecule has 0 aliphatic carbocycles. The van der Waals surface area contributed by atoms with Gasteiger partial charge < -0.3 is 10.3 Å². The molecule has 0 saturated carbocycles. The van der Waals surface area contributed by atoms with E-state index in [2.05, 4.69) is 47.8 Å². The molecule has 0 atom stereocenters. The third-order valence-corrected chi connectivity index (χ3v) is 5.16. The van der Waals surface area contributed by atoms with Gasteiger partial charge in [0.15, 0.2) is 0 Å². The molecule has 2 aromatic rings. The molecule has 0 bridgehead atoms. The fraction of sp³-hybridized carbons (Fsp3) is 0.500. The molecule has 0 unspecified atom stereocenters. The SMILES string of the molecule is CC(C)CN1CCc2c(sc(-n3cccc3)c2CN)C1. The van der Waals surface area contributed by atoms with Gasteiger partial charge in [-0.05, 0) is 30.0 Å². The van der Waals surface area contributed by atoms with E-state index in [9.17, 15) is 0 Å². The quantitative estimate of drug-likeness (QED) is 0.939. The third-order valence-electron chi connectivity index (χ3n) is 3.89. The molecular weight excluding hydrogens is 266 g/mol. The summed E-state index contributed by atoms with van der Waals surface area (Å²) in [7, 11) is 0. The Balaban J connectivity index is 1.92. The molecule has 0 saturated heterocycles. The molecule has 0 spiro atoms.